The van der Waals surface area contributed by atoms with E-state index in [1.165, 1.54) is 6.42 Å². The summed E-state index contributed by atoms with van der Waals surface area (Å²) < 4.78 is 5.17. The Hall–Kier alpha value is -1.25. The number of likely N-dealkylation sites (tertiary alicyclic amines) is 1. The number of rotatable bonds is 2. The standard InChI is InChI=1S/C14H21NO2/c1-11(2)12-5-3-8-15(9-7-12)14(16)13-6-4-10-17-13/h4,6,10-12H,3,5,7-9H2,1-2H3. The van der Waals surface area contributed by atoms with Gasteiger partial charge in [0, 0.05) is 13.1 Å². The predicted molar refractivity (Wildman–Crippen MR) is 66.8 cm³/mol. The van der Waals surface area contributed by atoms with Crippen molar-refractivity contribution in [2.75, 3.05) is 13.1 Å². The molecule has 0 bridgehead atoms. The zero-order valence-electron chi connectivity index (χ0n) is 10.7. The van der Waals surface area contributed by atoms with Crippen LogP contribution in [0.2, 0.25) is 0 Å². The van der Waals surface area contributed by atoms with E-state index in [9.17, 15) is 4.79 Å². The van der Waals surface area contributed by atoms with Crippen LogP contribution in [0.25, 0.3) is 0 Å². The molecule has 2 heterocycles. The van der Waals surface area contributed by atoms with Gasteiger partial charge in [0.2, 0.25) is 0 Å². The van der Waals surface area contributed by atoms with Crippen LogP contribution in [0.1, 0.15) is 43.7 Å². The van der Waals surface area contributed by atoms with Gasteiger partial charge in [-0.15, -0.1) is 0 Å². The van der Waals surface area contributed by atoms with Gasteiger partial charge in [0.25, 0.3) is 5.91 Å². The molecule has 1 atom stereocenters. The highest BCUT2D eigenvalue weighted by Gasteiger charge is 2.24. The molecule has 94 valence electrons. The molecule has 0 aromatic carbocycles. The third-order valence-corrected chi connectivity index (χ3v) is 3.73. The number of carbonyl (C=O) groups is 1. The molecule has 0 saturated carbocycles. The minimum atomic E-state index is 0.0411. The molecule has 0 aliphatic carbocycles. The zero-order valence-corrected chi connectivity index (χ0v) is 10.7. The first-order valence-electron chi connectivity index (χ1n) is 6.51. The minimum Gasteiger partial charge on any atom is -0.459 e. The summed E-state index contributed by atoms with van der Waals surface area (Å²) in [6.07, 6.45) is 5.01. The topological polar surface area (TPSA) is 33.5 Å². The summed E-state index contributed by atoms with van der Waals surface area (Å²) in [6.45, 7) is 6.27. The second-order valence-electron chi connectivity index (χ2n) is 5.20. The van der Waals surface area contributed by atoms with Crippen LogP contribution >= 0.6 is 0 Å². The van der Waals surface area contributed by atoms with Crippen molar-refractivity contribution in [2.24, 2.45) is 11.8 Å². The maximum absolute atomic E-state index is 12.1. The molecule has 3 heteroatoms. The predicted octanol–water partition coefficient (Wildman–Crippen LogP) is 3.18. The van der Waals surface area contributed by atoms with Crippen molar-refractivity contribution >= 4 is 5.91 Å². The van der Waals surface area contributed by atoms with E-state index >= 15 is 0 Å². The first-order valence-corrected chi connectivity index (χ1v) is 6.51. The number of carbonyl (C=O) groups excluding carboxylic acids is 1. The lowest BCUT2D eigenvalue weighted by Gasteiger charge is -2.20. The lowest BCUT2D eigenvalue weighted by atomic mass is 9.89. The molecule has 1 amide bonds. The number of hydrogen-bond donors (Lipinski definition) is 0. The molecule has 0 radical (unpaired) electrons. The molecule has 1 aliphatic heterocycles. The smallest absolute Gasteiger partial charge is 0.289 e. The molecular weight excluding hydrogens is 214 g/mol. The molecular formula is C14H21NO2. The van der Waals surface area contributed by atoms with Gasteiger partial charge >= 0.3 is 0 Å². The van der Waals surface area contributed by atoms with E-state index in [2.05, 4.69) is 13.8 Å². The van der Waals surface area contributed by atoms with Gasteiger partial charge in [0.15, 0.2) is 5.76 Å². The van der Waals surface area contributed by atoms with E-state index in [0.717, 1.165) is 31.8 Å². The summed E-state index contributed by atoms with van der Waals surface area (Å²) in [5.74, 6) is 1.98. The van der Waals surface area contributed by atoms with E-state index in [0.29, 0.717) is 11.7 Å². The highest BCUT2D eigenvalue weighted by Crippen LogP contribution is 2.25. The molecule has 2 rings (SSSR count). The Morgan fingerprint density at radius 3 is 2.88 bits per heavy atom. The Morgan fingerprint density at radius 2 is 2.24 bits per heavy atom. The van der Waals surface area contributed by atoms with E-state index in [1.54, 1.807) is 18.4 Å². The van der Waals surface area contributed by atoms with Crippen molar-refractivity contribution < 1.29 is 9.21 Å². The molecule has 1 unspecified atom stereocenters. The largest absolute Gasteiger partial charge is 0.459 e. The molecule has 1 aliphatic rings. The summed E-state index contributed by atoms with van der Waals surface area (Å²) in [4.78, 5) is 14.1. The van der Waals surface area contributed by atoms with Gasteiger partial charge in [-0.2, -0.15) is 0 Å². The summed E-state index contributed by atoms with van der Waals surface area (Å²) in [5.41, 5.74) is 0. The Labute approximate surface area is 103 Å². The molecule has 3 nitrogen and oxygen atoms in total. The van der Waals surface area contributed by atoms with Gasteiger partial charge in [-0.3, -0.25) is 4.79 Å². The van der Waals surface area contributed by atoms with Crippen LogP contribution in [0, 0.1) is 11.8 Å². The maximum atomic E-state index is 12.1. The van der Waals surface area contributed by atoms with Crippen molar-refractivity contribution in [3.63, 3.8) is 0 Å². The van der Waals surface area contributed by atoms with Crippen molar-refractivity contribution in [1.82, 2.24) is 4.90 Å². The number of furan rings is 1. The molecule has 17 heavy (non-hydrogen) atoms. The molecule has 1 aromatic rings. The van der Waals surface area contributed by atoms with Crippen LogP contribution in [0.4, 0.5) is 0 Å². The average molecular weight is 235 g/mol. The molecule has 1 aromatic heterocycles. The van der Waals surface area contributed by atoms with Crippen LogP contribution in [0.15, 0.2) is 22.8 Å². The van der Waals surface area contributed by atoms with Gasteiger partial charge in [-0.25, -0.2) is 0 Å². The number of amides is 1. The summed E-state index contributed by atoms with van der Waals surface area (Å²) in [6, 6.07) is 3.51. The van der Waals surface area contributed by atoms with Gasteiger partial charge < -0.3 is 9.32 Å². The van der Waals surface area contributed by atoms with Crippen LogP contribution in [-0.2, 0) is 0 Å². The Kier molecular flexibility index (Phi) is 3.87. The Bertz CT molecular complexity index is 356. The Morgan fingerprint density at radius 1 is 1.41 bits per heavy atom. The lowest BCUT2D eigenvalue weighted by molar-refractivity contribution is 0.0727. The van der Waals surface area contributed by atoms with Crippen LogP contribution in [0.5, 0.6) is 0 Å². The third kappa shape index (κ3) is 2.90. The SMILES string of the molecule is CC(C)C1CCCN(C(=O)c2ccco2)CC1. The molecule has 1 saturated heterocycles. The fourth-order valence-corrected chi connectivity index (χ4v) is 2.55. The molecule has 1 fully saturated rings. The lowest BCUT2D eigenvalue weighted by Crippen LogP contribution is -2.31. The monoisotopic (exact) mass is 235 g/mol. The fraction of sp³-hybridized carbons (Fsp3) is 0.643. The van der Waals surface area contributed by atoms with E-state index in [1.807, 2.05) is 4.90 Å². The Balaban J connectivity index is 1.97. The van der Waals surface area contributed by atoms with E-state index in [4.69, 9.17) is 4.42 Å². The van der Waals surface area contributed by atoms with Crippen LogP contribution in [-0.4, -0.2) is 23.9 Å². The van der Waals surface area contributed by atoms with Crippen LogP contribution < -0.4 is 0 Å². The van der Waals surface area contributed by atoms with Crippen molar-refractivity contribution in [3.05, 3.63) is 24.2 Å². The number of nitrogens with zero attached hydrogens (tertiary/aromatic N) is 1. The highest BCUT2D eigenvalue weighted by molar-refractivity contribution is 5.91. The second-order valence-corrected chi connectivity index (χ2v) is 5.20. The zero-order chi connectivity index (χ0) is 12.3. The normalized spacial score (nSPS) is 21.6. The first-order chi connectivity index (χ1) is 8.18. The maximum Gasteiger partial charge on any atom is 0.289 e. The highest BCUT2D eigenvalue weighted by atomic mass is 16.3. The fourth-order valence-electron chi connectivity index (χ4n) is 2.55. The van der Waals surface area contributed by atoms with Gasteiger partial charge in [-0.05, 0) is 43.2 Å². The summed E-state index contributed by atoms with van der Waals surface area (Å²) >= 11 is 0. The van der Waals surface area contributed by atoms with Crippen molar-refractivity contribution in [2.45, 2.75) is 33.1 Å². The quantitative estimate of drug-likeness (QED) is 0.788. The van der Waals surface area contributed by atoms with Crippen molar-refractivity contribution in [3.8, 4) is 0 Å². The molecule has 0 spiro atoms. The number of hydrogen-bond acceptors (Lipinski definition) is 2. The van der Waals surface area contributed by atoms with Crippen LogP contribution in [0.3, 0.4) is 0 Å². The van der Waals surface area contributed by atoms with E-state index in [-0.39, 0.29) is 5.91 Å². The third-order valence-electron chi connectivity index (χ3n) is 3.73. The first kappa shape index (κ1) is 12.2. The second kappa shape index (κ2) is 5.39. The molecule has 0 N–H and O–H groups in total. The minimum absolute atomic E-state index is 0.0411. The summed E-state index contributed by atoms with van der Waals surface area (Å²) in [7, 11) is 0. The van der Waals surface area contributed by atoms with Gasteiger partial charge in [-0.1, -0.05) is 13.8 Å². The van der Waals surface area contributed by atoms with Crippen molar-refractivity contribution in [1.29, 1.82) is 0 Å². The van der Waals surface area contributed by atoms with Gasteiger partial charge in [0.05, 0.1) is 6.26 Å². The summed E-state index contributed by atoms with van der Waals surface area (Å²) in [5, 5.41) is 0. The average Bonchev–Trinajstić information content (AvgIpc) is 2.71. The van der Waals surface area contributed by atoms with Gasteiger partial charge in [0.1, 0.15) is 0 Å². The van der Waals surface area contributed by atoms with E-state index < -0.39 is 0 Å².